The summed E-state index contributed by atoms with van der Waals surface area (Å²) in [7, 11) is 0. The molecule has 7 heteroatoms. The predicted octanol–water partition coefficient (Wildman–Crippen LogP) is 1.78. The van der Waals surface area contributed by atoms with Crippen molar-refractivity contribution in [1.29, 1.82) is 0 Å². The van der Waals surface area contributed by atoms with Crippen molar-refractivity contribution in [3.8, 4) is 0 Å². The van der Waals surface area contributed by atoms with Crippen molar-refractivity contribution in [3.05, 3.63) is 45.5 Å². The Balaban J connectivity index is 3.08. The maximum absolute atomic E-state index is 10.8. The molecule has 2 N–H and O–H groups in total. The van der Waals surface area contributed by atoms with Crippen LogP contribution in [0.2, 0.25) is 0 Å². The van der Waals surface area contributed by atoms with E-state index in [1.54, 1.807) is 0 Å². The lowest BCUT2D eigenvalue weighted by atomic mass is 10.1. The first-order valence-corrected chi connectivity index (χ1v) is 4.82. The van der Waals surface area contributed by atoms with Gasteiger partial charge in [-0.05, 0) is 17.7 Å². The fraction of sp³-hybridized carbons (Fsp3) is 0.0909. The molecule has 0 atom stereocenters. The number of hydrogen-bond donors (Lipinski definition) is 2. The summed E-state index contributed by atoms with van der Waals surface area (Å²) in [5.41, 5.74) is -0.547. The summed E-state index contributed by atoms with van der Waals surface area (Å²) in [4.78, 5) is 30.9. The molecule has 0 amide bonds. The molecule has 18 heavy (non-hydrogen) atoms. The minimum Gasteiger partial charge on any atom is -0.481 e. The SMILES string of the molecule is O=C(O)CC=Cc1ccc([N+](=O)[O-])c(C(=O)O)c1. The number of carboxylic acid groups (broad SMARTS) is 2. The monoisotopic (exact) mass is 251 g/mol. The van der Waals surface area contributed by atoms with E-state index in [0.717, 1.165) is 12.1 Å². The molecule has 0 heterocycles. The lowest BCUT2D eigenvalue weighted by molar-refractivity contribution is -0.385. The van der Waals surface area contributed by atoms with E-state index in [4.69, 9.17) is 10.2 Å². The number of carboxylic acids is 2. The summed E-state index contributed by atoms with van der Waals surface area (Å²) in [5.74, 6) is -2.43. The Labute approximate surface area is 101 Å². The predicted molar refractivity (Wildman–Crippen MR) is 61.3 cm³/mol. The number of nitrogens with zero attached hydrogens (tertiary/aromatic N) is 1. The maximum Gasteiger partial charge on any atom is 0.342 e. The summed E-state index contributed by atoms with van der Waals surface area (Å²) < 4.78 is 0. The summed E-state index contributed by atoms with van der Waals surface area (Å²) in [5, 5.41) is 27.8. The van der Waals surface area contributed by atoms with Gasteiger partial charge in [0.2, 0.25) is 0 Å². The van der Waals surface area contributed by atoms with Gasteiger partial charge in [0, 0.05) is 6.07 Å². The third-order valence-corrected chi connectivity index (χ3v) is 2.05. The van der Waals surface area contributed by atoms with Gasteiger partial charge in [0.15, 0.2) is 0 Å². The molecule has 0 radical (unpaired) electrons. The second-order valence-electron chi connectivity index (χ2n) is 3.34. The lowest BCUT2D eigenvalue weighted by Crippen LogP contribution is -2.02. The minimum atomic E-state index is -1.41. The first-order chi connectivity index (χ1) is 8.41. The third kappa shape index (κ3) is 3.41. The smallest absolute Gasteiger partial charge is 0.342 e. The second-order valence-corrected chi connectivity index (χ2v) is 3.34. The topological polar surface area (TPSA) is 118 Å². The van der Waals surface area contributed by atoms with E-state index in [0.29, 0.717) is 5.56 Å². The number of aliphatic carboxylic acids is 1. The average Bonchev–Trinajstić information content (AvgIpc) is 2.28. The fourth-order valence-corrected chi connectivity index (χ4v) is 1.28. The normalized spacial score (nSPS) is 10.4. The van der Waals surface area contributed by atoms with Gasteiger partial charge in [0.25, 0.3) is 5.69 Å². The van der Waals surface area contributed by atoms with Crippen LogP contribution in [0.15, 0.2) is 24.3 Å². The van der Waals surface area contributed by atoms with Gasteiger partial charge in [-0.25, -0.2) is 4.79 Å². The van der Waals surface area contributed by atoms with E-state index in [2.05, 4.69) is 0 Å². The standard InChI is InChI=1S/C11H9NO6/c13-10(14)3-1-2-7-4-5-9(12(17)18)8(6-7)11(15)16/h1-2,4-6H,3H2,(H,13,14)(H,15,16). The van der Waals surface area contributed by atoms with Crippen LogP contribution < -0.4 is 0 Å². The van der Waals surface area contributed by atoms with Gasteiger partial charge in [-0.3, -0.25) is 14.9 Å². The molecule has 0 aromatic heterocycles. The number of carbonyl (C=O) groups is 2. The Morgan fingerprint density at radius 3 is 2.50 bits per heavy atom. The third-order valence-electron chi connectivity index (χ3n) is 2.05. The molecule has 0 saturated heterocycles. The molecule has 0 bridgehead atoms. The molecule has 1 rings (SSSR count). The summed E-state index contributed by atoms with van der Waals surface area (Å²) in [6.45, 7) is 0. The number of aromatic carboxylic acids is 1. The molecule has 1 aromatic rings. The van der Waals surface area contributed by atoms with E-state index in [1.807, 2.05) is 0 Å². The molecule has 7 nitrogen and oxygen atoms in total. The van der Waals surface area contributed by atoms with Crippen LogP contribution in [0.5, 0.6) is 0 Å². The van der Waals surface area contributed by atoms with Crippen molar-refractivity contribution in [1.82, 2.24) is 0 Å². The molecule has 0 aliphatic rings. The van der Waals surface area contributed by atoms with E-state index in [-0.39, 0.29) is 6.42 Å². The molecule has 0 unspecified atom stereocenters. The highest BCUT2D eigenvalue weighted by molar-refractivity contribution is 5.93. The van der Waals surface area contributed by atoms with E-state index in [1.165, 1.54) is 18.2 Å². The Morgan fingerprint density at radius 2 is 2.00 bits per heavy atom. The molecular formula is C11H9NO6. The molecule has 0 aliphatic carbocycles. The van der Waals surface area contributed by atoms with Crippen molar-refractivity contribution < 1.29 is 24.7 Å². The van der Waals surface area contributed by atoms with Crippen LogP contribution in [-0.2, 0) is 4.79 Å². The van der Waals surface area contributed by atoms with Crippen LogP contribution in [-0.4, -0.2) is 27.1 Å². The Morgan fingerprint density at radius 1 is 1.33 bits per heavy atom. The average molecular weight is 251 g/mol. The number of nitro benzene ring substituents is 1. The van der Waals surface area contributed by atoms with Crippen LogP contribution in [0, 0.1) is 10.1 Å². The summed E-state index contributed by atoms with van der Waals surface area (Å²) in [6.07, 6.45) is 2.51. The lowest BCUT2D eigenvalue weighted by Gasteiger charge is -1.99. The first-order valence-electron chi connectivity index (χ1n) is 4.82. The maximum atomic E-state index is 10.8. The summed E-state index contributed by atoms with van der Waals surface area (Å²) >= 11 is 0. The zero-order valence-corrected chi connectivity index (χ0v) is 9.07. The van der Waals surface area contributed by atoms with Gasteiger partial charge >= 0.3 is 11.9 Å². The minimum absolute atomic E-state index is 0.209. The van der Waals surface area contributed by atoms with E-state index < -0.39 is 28.1 Å². The molecule has 0 saturated carbocycles. The number of benzene rings is 1. The Bertz CT molecular complexity index is 534. The fourth-order valence-electron chi connectivity index (χ4n) is 1.28. The van der Waals surface area contributed by atoms with Gasteiger partial charge in [-0.1, -0.05) is 12.2 Å². The molecule has 94 valence electrons. The van der Waals surface area contributed by atoms with E-state index >= 15 is 0 Å². The largest absolute Gasteiger partial charge is 0.481 e. The van der Waals surface area contributed by atoms with Crippen molar-refractivity contribution in [2.75, 3.05) is 0 Å². The van der Waals surface area contributed by atoms with Crippen LogP contribution in [0.4, 0.5) is 5.69 Å². The second kappa shape index (κ2) is 5.58. The zero-order valence-electron chi connectivity index (χ0n) is 9.07. The van der Waals surface area contributed by atoms with E-state index in [9.17, 15) is 19.7 Å². The van der Waals surface area contributed by atoms with Crippen molar-refractivity contribution in [2.24, 2.45) is 0 Å². The van der Waals surface area contributed by atoms with Crippen molar-refractivity contribution >= 4 is 23.7 Å². The number of nitro groups is 1. The van der Waals surface area contributed by atoms with Gasteiger partial charge < -0.3 is 10.2 Å². The highest BCUT2D eigenvalue weighted by atomic mass is 16.6. The summed E-state index contributed by atoms with van der Waals surface area (Å²) in [6, 6.07) is 3.55. The van der Waals surface area contributed by atoms with Gasteiger partial charge in [-0.15, -0.1) is 0 Å². The number of rotatable bonds is 5. The molecule has 0 spiro atoms. The van der Waals surface area contributed by atoms with Gasteiger partial charge in [-0.2, -0.15) is 0 Å². The number of hydrogen-bond acceptors (Lipinski definition) is 4. The van der Waals surface area contributed by atoms with Gasteiger partial charge in [0.1, 0.15) is 5.56 Å². The van der Waals surface area contributed by atoms with Gasteiger partial charge in [0.05, 0.1) is 11.3 Å². The van der Waals surface area contributed by atoms with Crippen LogP contribution >= 0.6 is 0 Å². The quantitative estimate of drug-likeness (QED) is 0.608. The Hall–Kier alpha value is -2.70. The highest BCUT2D eigenvalue weighted by Gasteiger charge is 2.19. The first kappa shape index (κ1) is 13.4. The zero-order chi connectivity index (χ0) is 13.7. The van der Waals surface area contributed by atoms with Crippen molar-refractivity contribution in [2.45, 2.75) is 6.42 Å². The van der Waals surface area contributed by atoms with Crippen molar-refractivity contribution in [3.63, 3.8) is 0 Å². The molecule has 0 fully saturated rings. The molecular weight excluding hydrogens is 242 g/mol. The van der Waals surface area contributed by atoms with Crippen LogP contribution in [0.25, 0.3) is 6.08 Å². The molecule has 0 aliphatic heterocycles. The van der Waals surface area contributed by atoms with Crippen LogP contribution in [0.1, 0.15) is 22.3 Å². The Kier molecular flexibility index (Phi) is 4.14. The highest BCUT2D eigenvalue weighted by Crippen LogP contribution is 2.20. The molecule has 1 aromatic carbocycles. The van der Waals surface area contributed by atoms with Crippen LogP contribution in [0.3, 0.4) is 0 Å².